The number of aromatic nitrogens is 1. The van der Waals surface area contributed by atoms with E-state index in [1.54, 1.807) is 6.07 Å². The van der Waals surface area contributed by atoms with Crippen LogP contribution in [0.3, 0.4) is 0 Å². The maximum Gasteiger partial charge on any atom is 0.482 e. The zero-order valence-corrected chi connectivity index (χ0v) is 19.4. The molecule has 1 N–H and O–H groups in total. The van der Waals surface area contributed by atoms with Crippen LogP contribution in [0.2, 0.25) is 0 Å². The van der Waals surface area contributed by atoms with Crippen LogP contribution in [0.5, 0.6) is 11.5 Å². The van der Waals surface area contributed by atoms with Gasteiger partial charge in [-0.1, -0.05) is 55.5 Å². The molecule has 4 aromatic rings. The van der Waals surface area contributed by atoms with Gasteiger partial charge in [-0.25, -0.2) is 0 Å². The number of phenolic OH excluding ortho intramolecular Hbond substituents is 1. The van der Waals surface area contributed by atoms with Crippen LogP contribution >= 0.6 is 0 Å². The fraction of sp³-hybridized carbons (Fsp3) is 0.222. The molecule has 0 amide bonds. The van der Waals surface area contributed by atoms with Crippen LogP contribution in [0, 0.1) is 12.8 Å². The second-order valence-electron chi connectivity index (χ2n) is 8.50. The van der Waals surface area contributed by atoms with Gasteiger partial charge in [-0.05, 0) is 41.5 Å². The number of aromatic hydroxyl groups is 1. The molecule has 5 rings (SSSR count). The summed E-state index contributed by atoms with van der Waals surface area (Å²) in [5.41, 5.74) is 4.78. The molecule has 1 fully saturated rings. The average Bonchev–Trinajstić information content (AvgIpc) is 3.42. The van der Waals surface area contributed by atoms with E-state index >= 15 is 0 Å². The Balaban J connectivity index is 0.000000152. The highest BCUT2D eigenvalue weighted by Gasteiger charge is 2.57. The largest absolute Gasteiger partial charge is 0.654 e. The summed E-state index contributed by atoms with van der Waals surface area (Å²) in [6, 6.07) is 28.2. The van der Waals surface area contributed by atoms with Gasteiger partial charge in [-0.2, -0.15) is 4.57 Å². The van der Waals surface area contributed by atoms with Gasteiger partial charge in [0.05, 0.1) is 11.1 Å². The predicted molar refractivity (Wildman–Crippen MR) is 126 cm³/mol. The molecule has 2 radical (unpaired) electrons. The van der Waals surface area contributed by atoms with Gasteiger partial charge in [0.25, 0.3) is 5.52 Å². The molecule has 154 valence electrons. The van der Waals surface area contributed by atoms with Gasteiger partial charge >= 0.3 is 16.6 Å². The van der Waals surface area contributed by atoms with E-state index in [1.807, 2.05) is 36.4 Å². The minimum absolute atomic E-state index is 0.169. The fourth-order valence-corrected chi connectivity index (χ4v) is 4.43. The van der Waals surface area contributed by atoms with Crippen molar-refractivity contribution in [2.45, 2.75) is 32.7 Å². The number of hydrogen-bond acceptors (Lipinski definition) is 2. The Hall–Kier alpha value is -2.80. The number of phenols is 1. The van der Waals surface area contributed by atoms with Crippen LogP contribution in [-0.2, 0) is 5.54 Å². The number of para-hydroxylation sites is 1. The lowest BCUT2D eigenvalue weighted by Gasteiger charge is -2.12. The maximum atomic E-state index is 10.1. The van der Waals surface area contributed by atoms with Gasteiger partial charge in [0.1, 0.15) is 0 Å². The molecule has 0 aliphatic heterocycles. The first kappa shape index (κ1) is 21.4. The lowest BCUT2D eigenvalue weighted by atomic mass is 10.1. The topological polar surface area (TPSA) is 33.3 Å². The minimum Gasteiger partial charge on any atom is -0.654 e. The third-order valence-electron chi connectivity index (χ3n) is 6.36. The predicted octanol–water partition coefficient (Wildman–Crippen LogP) is 5.71. The van der Waals surface area contributed by atoms with Crippen molar-refractivity contribution in [3.05, 3.63) is 90.6 Å². The SMILES string of the molecule is Cc1ccc2cccc(O)c2[n+]1[C@@]1(C)CC1C.[Al][O]c1ccc(-c2ccccc2)cc1. The van der Waals surface area contributed by atoms with Gasteiger partial charge in [0.2, 0.25) is 0 Å². The summed E-state index contributed by atoms with van der Waals surface area (Å²) in [6.45, 7) is 6.66. The summed E-state index contributed by atoms with van der Waals surface area (Å²) in [6.07, 6.45) is 1.19. The normalized spacial score (nSPS) is 19.4. The number of aryl methyl sites for hydroxylation is 1. The van der Waals surface area contributed by atoms with Gasteiger partial charge < -0.3 is 8.90 Å². The van der Waals surface area contributed by atoms with Crippen molar-refractivity contribution in [2.75, 3.05) is 0 Å². The lowest BCUT2D eigenvalue weighted by Crippen LogP contribution is -2.49. The molecular weight excluding hydrogens is 397 g/mol. The Kier molecular flexibility index (Phi) is 6.05. The molecule has 0 spiro atoms. The van der Waals surface area contributed by atoms with Gasteiger partial charge in [-0.15, -0.1) is 0 Å². The van der Waals surface area contributed by atoms with Crippen LogP contribution in [0.1, 0.15) is 26.0 Å². The Morgan fingerprint density at radius 2 is 1.55 bits per heavy atom. The zero-order chi connectivity index (χ0) is 22.0. The molecule has 4 heteroatoms. The Labute approximate surface area is 192 Å². The van der Waals surface area contributed by atoms with Crippen molar-refractivity contribution < 1.29 is 13.5 Å². The van der Waals surface area contributed by atoms with Crippen molar-refractivity contribution in [1.29, 1.82) is 0 Å². The van der Waals surface area contributed by atoms with E-state index < -0.39 is 0 Å². The van der Waals surface area contributed by atoms with Crippen molar-refractivity contribution >= 4 is 27.5 Å². The quantitative estimate of drug-likeness (QED) is 0.337. The summed E-state index contributed by atoms with van der Waals surface area (Å²) < 4.78 is 7.33. The summed E-state index contributed by atoms with van der Waals surface area (Å²) in [4.78, 5) is 0. The van der Waals surface area contributed by atoms with Gasteiger partial charge in [0, 0.05) is 32.3 Å². The van der Waals surface area contributed by atoms with Crippen LogP contribution < -0.4 is 8.36 Å². The van der Waals surface area contributed by atoms with Crippen molar-refractivity contribution in [1.82, 2.24) is 0 Å². The number of benzene rings is 3. The standard InChI is InChI=1S/C15H17NO.C12H10O.Al/c1-10-9-15(10,3)16-11(2)7-8-12-5-4-6-13(17)14(12)16;13-12-8-6-11(7-9-12)10-4-2-1-3-5-10;/h4-8,10H,9H2,1-3H3;1-9,13H;/q;;+1/t10?,15-;;/m0../s1. The monoisotopic (exact) mass is 424 g/mol. The molecule has 3 aromatic carbocycles. The number of pyridine rings is 1. The Morgan fingerprint density at radius 3 is 2.16 bits per heavy atom. The molecule has 1 aliphatic rings. The third-order valence-corrected chi connectivity index (χ3v) is 6.63. The van der Waals surface area contributed by atoms with Gasteiger partial charge in [0.15, 0.2) is 17.0 Å². The zero-order valence-electron chi connectivity index (χ0n) is 18.2. The minimum atomic E-state index is 0.169. The first-order valence-corrected chi connectivity index (χ1v) is 11.1. The molecular formula is C27H27AlNO2+. The number of hydrogen-bond donors (Lipinski definition) is 1. The van der Waals surface area contributed by atoms with E-state index in [1.165, 1.54) is 23.2 Å². The molecule has 2 atom stereocenters. The van der Waals surface area contributed by atoms with E-state index in [0.717, 1.165) is 16.7 Å². The average molecular weight is 425 g/mol. The second-order valence-corrected chi connectivity index (χ2v) is 8.73. The van der Waals surface area contributed by atoms with E-state index in [4.69, 9.17) is 3.79 Å². The molecule has 1 aliphatic carbocycles. The fourth-order valence-electron chi connectivity index (χ4n) is 4.28. The summed E-state index contributed by atoms with van der Waals surface area (Å²) in [7, 11) is 0. The van der Waals surface area contributed by atoms with Gasteiger partial charge in [-0.3, -0.25) is 0 Å². The molecule has 1 heterocycles. The summed E-state index contributed by atoms with van der Waals surface area (Å²) in [5, 5.41) is 11.2. The van der Waals surface area contributed by atoms with Crippen molar-refractivity contribution in [3.63, 3.8) is 0 Å². The van der Waals surface area contributed by atoms with E-state index in [0.29, 0.717) is 11.7 Å². The van der Waals surface area contributed by atoms with Crippen LogP contribution in [0.15, 0.2) is 84.9 Å². The molecule has 31 heavy (non-hydrogen) atoms. The first-order chi connectivity index (χ1) is 14.9. The molecule has 0 saturated heterocycles. The lowest BCUT2D eigenvalue weighted by molar-refractivity contribution is -0.720. The number of rotatable bonds is 3. The van der Waals surface area contributed by atoms with Crippen LogP contribution in [-0.4, -0.2) is 21.7 Å². The third kappa shape index (κ3) is 4.33. The Morgan fingerprint density at radius 1 is 0.903 bits per heavy atom. The van der Waals surface area contributed by atoms with E-state index in [-0.39, 0.29) is 5.54 Å². The Bertz CT molecular complexity index is 1190. The highest BCUT2D eigenvalue weighted by Crippen LogP contribution is 2.46. The number of fused-ring (bicyclic) bond motifs is 1. The smallest absolute Gasteiger partial charge is 0.482 e. The summed E-state index contributed by atoms with van der Waals surface area (Å²) in [5.74, 6) is 1.91. The van der Waals surface area contributed by atoms with Crippen LogP contribution in [0.4, 0.5) is 0 Å². The highest BCUT2D eigenvalue weighted by atomic mass is 27.1. The molecule has 3 nitrogen and oxygen atoms in total. The number of nitrogens with zero attached hydrogens (tertiary/aromatic N) is 1. The highest BCUT2D eigenvalue weighted by molar-refractivity contribution is 6.00. The molecule has 1 unspecified atom stereocenters. The molecule has 1 saturated carbocycles. The second kappa shape index (κ2) is 8.75. The first-order valence-electron chi connectivity index (χ1n) is 10.6. The molecule has 0 bridgehead atoms. The maximum absolute atomic E-state index is 10.1. The molecule has 1 aromatic heterocycles. The summed E-state index contributed by atoms with van der Waals surface area (Å²) >= 11 is 2.24. The van der Waals surface area contributed by atoms with E-state index in [9.17, 15) is 5.11 Å². The van der Waals surface area contributed by atoms with Crippen LogP contribution in [0.25, 0.3) is 22.0 Å². The van der Waals surface area contributed by atoms with Crippen molar-refractivity contribution in [3.8, 4) is 22.6 Å². The van der Waals surface area contributed by atoms with E-state index in [2.05, 4.69) is 84.4 Å². The van der Waals surface area contributed by atoms with Crippen molar-refractivity contribution in [2.24, 2.45) is 5.92 Å².